The molecule has 0 aliphatic heterocycles. The minimum absolute atomic E-state index is 0.188. The summed E-state index contributed by atoms with van der Waals surface area (Å²) < 4.78 is 10.0. The molecular weight excluding hydrogens is 206 g/mol. The highest BCUT2D eigenvalue weighted by atomic mass is 16.6. The molecule has 0 atom stereocenters. The standard InChI is InChI=1S/C12H13NO3/c13-7-6-12(14)16-9-8-15-10-11-4-2-1-3-5-11/h1-5H,6,8-10H2. The zero-order chi connectivity index (χ0) is 11.6. The van der Waals surface area contributed by atoms with Crippen molar-refractivity contribution in [3.05, 3.63) is 35.9 Å². The van der Waals surface area contributed by atoms with Crippen LogP contribution in [0.15, 0.2) is 30.3 Å². The highest BCUT2D eigenvalue weighted by molar-refractivity contribution is 5.71. The first-order valence-corrected chi connectivity index (χ1v) is 4.97. The molecule has 16 heavy (non-hydrogen) atoms. The highest BCUT2D eigenvalue weighted by Gasteiger charge is 2.00. The van der Waals surface area contributed by atoms with Crippen molar-refractivity contribution < 1.29 is 14.3 Å². The van der Waals surface area contributed by atoms with Crippen molar-refractivity contribution in [2.45, 2.75) is 13.0 Å². The van der Waals surface area contributed by atoms with Crippen molar-refractivity contribution in [1.29, 1.82) is 5.26 Å². The molecule has 0 radical (unpaired) electrons. The third kappa shape index (κ3) is 5.13. The van der Waals surface area contributed by atoms with Gasteiger partial charge in [0.15, 0.2) is 0 Å². The zero-order valence-corrected chi connectivity index (χ0v) is 8.89. The average Bonchev–Trinajstić information content (AvgIpc) is 2.30. The number of carbonyl (C=O) groups excluding carboxylic acids is 1. The van der Waals surface area contributed by atoms with Gasteiger partial charge in [-0.1, -0.05) is 30.3 Å². The van der Waals surface area contributed by atoms with E-state index in [0.717, 1.165) is 5.56 Å². The summed E-state index contributed by atoms with van der Waals surface area (Å²) in [5, 5.41) is 8.21. The summed E-state index contributed by atoms with van der Waals surface area (Å²) in [6, 6.07) is 11.4. The van der Waals surface area contributed by atoms with E-state index in [-0.39, 0.29) is 13.0 Å². The van der Waals surface area contributed by atoms with Gasteiger partial charge in [0.1, 0.15) is 13.0 Å². The molecule has 1 aromatic carbocycles. The van der Waals surface area contributed by atoms with E-state index in [1.165, 1.54) is 0 Å². The van der Waals surface area contributed by atoms with E-state index in [1.54, 1.807) is 6.07 Å². The summed E-state index contributed by atoms with van der Waals surface area (Å²) in [6.45, 7) is 1.02. The predicted octanol–water partition coefficient (Wildman–Crippen LogP) is 1.66. The first-order valence-electron chi connectivity index (χ1n) is 4.97. The Hall–Kier alpha value is -1.86. The van der Waals surface area contributed by atoms with E-state index in [2.05, 4.69) is 0 Å². The zero-order valence-electron chi connectivity index (χ0n) is 8.89. The minimum atomic E-state index is -0.509. The monoisotopic (exact) mass is 219 g/mol. The van der Waals surface area contributed by atoms with Crippen molar-refractivity contribution in [3.8, 4) is 6.07 Å². The molecule has 1 aromatic rings. The third-order valence-corrected chi connectivity index (χ3v) is 1.83. The Kier molecular flexibility index (Phi) is 5.67. The van der Waals surface area contributed by atoms with E-state index in [9.17, 15) is 4.79 Å². The van der Waals surface area contributed by atoms with Crippen LogP contribution in [0.25, 0.3) is 0 Å². The highest BCUT2D eigenvalue weighted by Crippen LogP contribution is 2.00. The maximum Gasteiger partial charge on any atom is 0.320 e. The molecule has 0 bridgehead atoms. The number of hydrogen-bond acceptors (Lipinski definition) is 4. The van der Waals surface area contributed by atoms with Gasteiger partial charge in [-0.05, 0) is 5.56 Å². The molecule has 1 rings (SSSR count). The molecule has 0 fully saturated rings. The molecule has 0 amide bonds. The van der Waals surface area contributed by atoms with E-state index in [1.807, 2.05) is 30.3 Å². The van der Waals surface area contributed by atoms with E-state index >= 15 is 0 Å². The molecule has 0 heterocycles. The molecule has 0 saturated heterocycles. The molecule has 4 nitrogen and oxygen atoms in total. The summed E-state index contributed by atoms with van der Waals surface area (Å²) in [6.07, 6.45) is -0.210. The lowest BCUT2D eigenvalue weighted by molar-refractivity contribution is -0.144. The second-order valence-electron chi connectivity index (χ2n) is 3.09. The lowest BCUT2D eigenvalue weighted by Crippen LogP contribution is -2.09. The summed E-state index contributed by atoms with van der Waals surface area (Å²) in [7, 11) is 0. The van der Waals surface area contributed by atoms with E-state index in [4.69, 9.17) is 14.7 Å². The minimum Gasteiger partial charge on any atom is -0.462 e. The van der Waals surface area contributed by atoms with Gasteiger partial charge >= 0.3 is 5.97 Å². The SMILES string of the molecule is N#CCC(=O)OCCOCc1ccccc1. The number of esters is 1. The fraction of sp³-hybridized carbons (Fsp3) is 0.333. The van der Waals surface area contributed by atoms with Crippen molar-refractivity contribution >= 4 is 5.97 Å². The smallest absolute Gasteiger partial charge is 0.320 e. The first kappa shape index (κ1) is 12.2. The predicted molar refractivity (Wildman–Crippen MR) is 57.3 cm³/mol. The molecule has 0 saturated carbocycles. The molecule has 0 N–H and O–H groups in total. The van der Waals surface area contributed by atoms with Gasteiger partial charge in [-0.3, -0.25) is 4.79 Å². The normalized spacial score (nSPS) is 9.44. The molecular formula is C12H13NO3. The number of ether oxygens (including phenoxy) is 2. The van der Waals surface area contributed by atoms with Crippen LogP contribution in [0.3, 0.4) is 0 Å². The molecule has 0 spiro atoms. The molecule has 0 aromatic heterocycles. The Morgan fingerprint density at radius 1 is 1.25 bits per heavy atom. The number of carbonyl (C=O) groups is 1. The number of nitrogens with zero attached hydrogens (tertiary/aromatic N) is 1. The fourth-order valence-corrected chi connectivity index (χ4v) is 1.09. The number of nitriles is 1. The largest absolute Gasteiger partial charge is 0.462 e. The van der Waals surface area contributed by atoms with Gasteiger partial charge in [0.25, 0.3) is 0 Å². The molecule has 84 valence electrons. The van der Waals surface area contributed by atoms with E-state index in [0.29, 0.717) is 13.2 Å². The Balaban J connectivity index is 2.05. The average molecular weight is 219 g/mol. The van der Waals surface area contributed by atoms with Crippen molar-refractivity contribution in [2.24, 2.45) is 0 Å². The van der Waals surface area contributed by atoms with Crippen LogP contribution >= 0.6 is 0 Å². The van der Waals surface area contributed by atoms with Crippen molar-refractivity contribution in [2.75, 3.05) is 13.2 Å². The van der Waals surface area contributed by atoms with Crippen LogP contribution in [0.4, 0.5) is 0 Å². The third-order valence-electron chi connectivity index (χ3n) is 1.83. The fourth-order valence-electron chi connectivity index (χ4n) is 1.09. The van der Waals surface area contributed by atoms with Crippen molar-refractivity contribution in [3.63, 3.8) is 0 Å². The Bertz CT molecular complexity index is 356. The topological polar surface area (TPSA) is 59.3 Å². The summed E-state index contributed by atoms with van der Waals surface area (Å²) in [5.41, 5.74) is 1.07. The lowest BCUT2D eigenvalue weighted by Gasteiger charge is -2.04. The van der Waals surface area contributed by atoms with Crippen LogP contribution < -0.4 is 0 Å². The van der Waals surface area contributed by atoms with E-state index < -0.39 is 5.97 Å². The van der Waals surface area contributed by atoms with Crippen molar-refractivity contribution in [1.82, 2.24) is 0 Å². The quantitative estimate of drug-likeness (QED) is 0.539. The van der Waals surface area contributed by atoms with Crippen LogP contribution in [0.2, 0.25) is 0 Å². The van der Waals surface area contributed by atoms with Crippen LogP contribution in [0.1, 0.15) is 12.0 Å². The van der Waals surface area contributed by atoms with Gasteiger partial charge in [0.2, 0.25) is 0 Å². The van der Waals surface area contributed by atoms with Gasteiger partial charge in [0.05, 0.1) is 19.3 Å². The Labute approximate surface area is 94.4 Å². The number of benzene rings is 1. The van der Waals surface area contributed by atoms with Gasteiger partial charge < -0.3 is 9.47 Å². The van der Waals surface area contributed by atoms with Crippen LogP contribution in [-0.2, 0) is 20.9 Å². The molecule has 0 unspecified atom stereocenters. The molecule has 0 aliphatic rings. The maximum absolute atomic E-state index is 10.8. The van der Waals surface area contributed by atoms with Crippen LogP contribution in [0.5, 0.6) is 0 Å². The lowest BCUT2D eigenvalue weighted by atomic mass is 10.2. The summed E-state index contributed by atoms with van der Waals surface area (Å²) >= 11 is 0. The molecule has 0 aliphatic carbocycles. The summed E-state index contributed by atoms with van der Waals surface area (Å²) in [4.78, 5) is 10.8. The van der Waals surface area contributed by atoms with Gasteiger partial charge in [-0.15, -0.1) is 0 Å². The van der Waals surface area contributed by atoms with Gasteiger partial charge in [0, 0.05) is 0 Å². The Morgan fingerprint density at radius 3 is 2.69 bits per heavy atom. The maximum atomic E-state index is 10.8. The second-order valence-corrected chi connectivity index (χ2v) is 3.09. The summed E-state index contributed by atoms with van der Waals surface area (Å²) in [5.74, 6) is -0.509. The van der Waals surface area contributed by atoms with Gasteiger partial charge in [-0.2, -0.15) is 5.26 Å². The molecule has 4 heteroatoms. The first-order chi connectivity index (χ1) is 7.83. The number of rotatable bonds is 6. The van der Waals surface area contributed by atoms with Crippen LogP contribution in [-0.4, -0.2) is 19.2 Å². The second kappa shape index (κ2) is 7.43. The number of hydrogen-bond donors (Lipinski definition) is 0. The van der Waals surface area contributed by atoms with Crippen LogP contribution in [0, 0.1) is 11.3 Å². The Morgan fingerprint density at radius 2 is 2.00 bits per heavy atom. The van der Waals surface area contributed by atoms with Gasteiger partial charge in [-0.25, -0.2) is 0 Å².